The average molecular weight is 253 g/mol. The highest BCUT2D eigenvalue weighted by Gasteiger charge is 2.41. The van der Waals surface area contributed by atoms with Crippen LogP contribution < -0.4 is 5.73 Å². The van der Waals surface area contributed by atoms with Crippen molar-refractivity contribution in [3.8, 4) is 0 Å². The molecule has 0 radical (unpaired) electrons. The van der Waals surface area contributed by atoms with Crippen molar-refractivity contribution in [2.24, 2.45) is 23.0 Å². The summed E-state index contributed by atoms with van der Waals surface area (Å²) in [5.74, 6) is 1.37. The number of aliphatic hydroxyl groups excluding tert-OH is 1. The zero-order valence-corrected chi connectivity index (χ0v) is 12.0. The van der Waals surface area contributed by atoms with Gasteiger partial charge in [0.05, 0.1) is 6.10 Å². The normalized spacial score (nSPS) is 34.8. The summed E-state index contributed by atoms with van der Waals surface area (Å²) in [6.07, 6.45) is 12.3. The van der Waals surface area contributed by atoms with E-state index in [1.54, 1.807) is 0 Å². The molecular weight excluding hydrogens is 222 g/mol. The van der Waals surface area contributed by atoms with Crippen LogP contribution in [0.5, 0.6) is 0 Å². The zero-order valence-electron chi connectivity index (χ0n) is 12.0. The largest absolute Gasteiger partial charge is 0.392 e. The second kappa shape index (κ2) is 6.38. The molecule has 0 aromatic heterocycles. The van der Waals surface area contributed by atoms with E-state index in [1.165, 1.54) is 51.4 Å². The molecular formula is C16H31NO. The molecule has 0 amide bonds. The van der Waals surface area contributed by atoms with Gasteiger partial charge in [0.1, 0.15) is 0 Å². The van der Waals surface area contributed by atoms with Crippen LogP contribution in [0.1, 0.15) is 71.1 Å². The smallest absolute Gasteiger partial charge is 0.0636 e. The highest BCUT2D eigenvalue weighted by Crippen LogP contribution is 2.43. The van der Waals surface area contributed by atoms with E-state index < -0.39 is 0 Å². The summed E-state index contributed by atoms with van der Waals surface area (Å²) in [7, 11) is 0. The van der Waals surface area contributed by atoms with E-state index in [0.29, 0.717) is 12.5 Å². The molecule has 0 heterocycles. The highest BCUT2D eigenvalue weighted by atomic mass is 16.3. The van der Waals surface area contributed by atoms with Crippen LogP contribution in [-0.4, -0.2) is 17.8 Å². The van der Waals surface area contributed by atoms with Crippen molar-refractivity contribution in [2.45, 2.75) is 77.2 Å². The summed E-state index contributed by atoms with van der Waals surface area (Å²) in [5, 5.41) is 10.9. The molecule has 0 bridgehead atoms. The van der Waals surface area contributed by atoms with E-state index in [2.05, 4.69) is 6.92 Å². The maximum absolute atomic E-state index is 10.9. The molecule has 2 rings (SSSR count). The van der Waals surface area contributed by atoms with Crippen LogP contribution in [-0.2, 0) is 0 Å². The summed E-state index contributed by atoms with van der Waals surface area (Å²) in [6.45, 7) is 3.02. The van der Waals surface area contributed by atoms with Gasteiger partial charge in [-0.25, -0.2) is 0 Å². The van der Waals surface area contributed by atoms with Crippen molar-refractivity contribution >= 4 is 0 Å². The zero-order chi connectivity index (χ0) is 13.0. The Hall–Kier alpha value is -0.0800. The fourth-order valence-corrected chi connectivity index (χ4v) is 4.15. The van der Waals surface area contributed by atoms with Crippen LogP contribution in [0.4, 0.5) is 0 Å². The lowest BCUT2D eigenvalue weighted by Crippen LogP contribution is -2.46. The fraction of sp³-hybridized carbons (Fsp3) is 1.00. The average Bonchev–Trinajstić information content (AvgIpc) is 2.65. The molecule has 106 valence electrons. The molecule has 3 N–H and O–H groups in total. The first kappa shape index (κ1) is 14.3. The lowest BCUT2D eigenvalue weighted by Gasteiger charge is -2.42. The maximum atomic E-state index is 10.9. The second-order valence-electron chi connectivity index (χ2n) is 6.95. The molecule has 2 nitrogen and oxygen atoms in total. The molecule has 18 heavy (non-hydrogen) atoms. The van der Waals surface area contributed by atoms with Gasteiger partial charge in [0.15, 0.2) is 0 Å². The van der Waals surface area contributed by atoms with Crippen LogP contribution in [0.2, 0.25) is 0 Å². The molecule has 2 saturated carbocycles. The standard InChI is InChI=1S/C16H31NO/c1-13-6-8-14(9-7-13)15(18)16(12-17)10-4-2-3-5-11-16/h13-15,18H,2-12,17H2,1H3. The van der Waals surface area contributed by atoms with Crippen molar-refractivity contribution in [2.75, 3.05) is 6.54 Å². The molecule has 0 aromatic rings. The van der Waals surface area contributed by atoms with Gasteiger partial charge in [0, 0.05) is 12.0 Å². The van der Waals surface area contributed by atoms with Gasteiger partial charge < -0.3 is 10.8 Å². The Morgan fingerprint density at radius 1 is 1.06 bits per heavy atom. The van der Waals surface area contributed by atoms with E-state index in [1.807, 2.05) is 0 Å². The number of nitrogens with two attached hydrogens (primary N) is 1. The molecule has 2 aliphatic rings. The van der Waals surface area contributed by atoms with Crippen molar-refractivity contribution in [3.63, 3.8) is 0 Å². The first-order chi connectivity index (χ1) is 8.68. The van der Waals surface area contributed by atoms with Gasteiger partial charge in [-0.05, 0) is 37.5 Å². The topological polar surface area (TPSA) is 46.2 Å². The summed E-state index contributed by atoms with van der Waals surface area (Å²) in [4.78, 5) is 0. The summed E-state index contributed by atoms with van der Waals surface area (Å²) in [6, 6.07) is 0. The van der Waals surface area contributed by atoms with Crippen LogP contribution in [0.25, 0.3) is 0 Å². The van der Waals surface area contributed by atoms with Gasteiger partial charge in [-0.1, -0.05) is 45.4 Å². The number of hydrogen-bond donors (Lipinski definition) is 2. The van der Waals surface area contributed by atoms with E-state index in [0.717, 1.165) is 18.8 Å². The van der Waals surface area contributed by atoms with Crippen molar-refractivity contribution in [1.82, 2.24) is 0 Å². The Labute approximate surface area is 112 Å². The van der Waals surface area contributed by atoms with Gasteiger partial charge in [-0.2, -0.15) is 0 Å². The molecule has 1 unspecified atom stereocenters. The van der Waals surface area contributed by atoms with Gasteiger partial charge in [0.25, 0.3) is 0 Å². The quantitative estimate of drug-likeness (QED) is 0.757. The van der Waals surface area contributed by atoms with E-state index >= 15 is 0 Å². The summed E-state index contributed by atoms with van der Waals surface area (Å²) >= 11 is 0. The van der Waals surface area contributed by atoms with Gasteiger partial charge in [-0.3, -0.25) is 0 Å². The minimum Gasteiger partial charge on any atom is -0.392 e. The number of hydrogen-bond acceptors (Lipinski definition) is 2. The van der Waals surface area contributed by atoms with Crippen LogP contribution >= 0.6 is 0 Å². The maximum Gasteiger partial charge on any atom is 0.0636 e. The minimum absolute atomic E-state index is 0.0434. The molecule has 0 aliphatic heterocycles. The third kappa shape index (κ3) is 3.08. The molecule has 2 aliphatic carbocycles. The molecule has 2 heteroatoms. The molecule has 0 saturated heterocycles. The SMILES string of the molecule is CC1CCC(C(O)C2(CN)CCCCCC2)CC1. The highest BCUT2D eigenvalue weighted by molar-refractivity contribution is 4.93. The lowest BCUT2D eigenvalue weighted by atomic mass is 9.67. The third-order valence-corrected chi connectivity index (χ3v) is 5.64. The summed E-state index contributed by atoms with van der Waals surface area (Å²) < 4.78 is 0. The Kier molecular flexibility index (Phi) is 5.08. The van der Waals surface area contributed by atoms with E-state index in [9.17, 15) is 5.11 Å². The Morgan fingerprint density at radius 3 is 2.11 bits per heavy atom. The lowest BCUT2D eigenvalue weighted by molar-refractivity contribution is -0.0387. The molecule has 2 fully saturated rings. The second-order valence-corrected chi connectivity index (χ2v) is 6.95. The van der Waals surface area contributed by atoms with Crippen molar-refractivity contribution in [1.29, 1.82) is 0 Å². The van der Waals surface area contributed by atoms with Crippen LogP contribution in [0.3, 0.4) is 0 Å². The van der Waals surface area contributed by atoms with Crippen molar-refractivity contribution in [3.05, 3.63) is 0 Å². The molecule has 0 spiro atoms. The van der Waals surface area contributed by atoms with Gasteiger partial charge in [0.2, 0.25) is 0 Å². The monoisotopic (exact) mass is 253 g/mol. The van der Waals surface area contributed by atoms with E-state index in [-0.39, 0.29) is 11.5 Å². The summed E-state index contributed by atoms with van der Waals surface area (Å²) in [5.41, 5.74) is 6.13. The third-order valence-electron chi connectivity index (χ3n) is 5.64. The van der Waals surface area contributed by atoms with E-state index in [4.69, 9.17) is 5.73 Å². The minimum atomic E-state index is -0.145. The number of aliphatic hydroxyl groups is 1. The predicted octanol–water partition coefficient (Wildman–Crippen LogP) is 3.47. The predicted molar refractivity (Wildman–Crippen MR) is 76.3 cm³/mol. The number of rotatable bonds is 3. The van der Waals surface area contributed by atoms with Crippen LogP contribution in [0.15, 0.2) is 0 Å². The first-order valence-electron chi connectivity index (χ1n) is 8.06. The van der Waals surface area contributed by atoms with Gasteiger partial charge in [-0.15, -0.1) is 0 Å². The first-order valence-corrected chi connectivity index (χ1v) is 8.06. The Bertz CT molecular complexity index is 237. The molecule has 1 atom stereocenters. The Balaban J connectivity index is 2.01. The van der Waals surface area contributed by atoms with Crippen molar-refractivity contribution < 1.29 is 5.11 Å². The Morgan fingerprint density at radius 2 is 1.61 bits per heavy atom. The van der Waals surface area contributed by atoms with Gasteiger partial charge >= 0.3 is 0 Å². The molecule has 0 aromatic carbocycles. The van der Waals surface area contributed by atoms with Crippen LogP contribution in [0, 0.1) is 17.3 Å². The fourth-order valence-electron chi connectivity index (χ4n) is 4.15.